The highest BCUT2D eigenvalue weighted by Crippen LogP contribution is 2.21. The van der Waals surface area contributed by atoms with Gasteiger partial charge in [-0.05, 0) is 98.8 Å². The lowest BCUT2D eigenvalue weighted by atomic mass is 10.1. The Kier molecular flexibility index (Phi) is 13.8. The Morgan fingerprint density at radius 2 is 1.15 bits per heavy atom. The average Bonchev–Trinajstić information content (AvgIpc) is 2.99. The van der Waals surface area contributed by atoms with Crippen LogP contribution in [0.15, 0.2) is 83.0 Å². The molecule has 0 N–H and O–H groups in total. The van der Waals surface area contributed by atoms with E-state index in [1.165, 1.54) is 50.5 Å². The molecule has 0 unspecified atom stereocenters. The number of hydrogen-bond donors (Lipinski definition) is 0. The second kappa shape index (κ2) is 17.8. The largest absolute Gasteiger partial charge is 0.459 e. The molecule has 0 saturated heterocycles. The summed E-state index contributed by atoms with van der Waals surface area (Å²) in [7, 11) is 0. The second-order valence-corrected chi connectivity index (χ2v) is 10.6. The minimum atomic E-state index is -0.491. The van der Waals surface area contributed by atoms with Crippen LogP contribution in [0.4, 0.5) is 11.4 Å². The summed E-state index contributed by atoms with van der Waals surface area (Å²) >= 11 is 0. The Labute approximate surface area is 245 Å². The van der Waals surface area contributed by atoms with Crippen LogP contribution in [0.1, 0.15) is 111 Å². The Balaban J connectivity index is 1.45. The zero-order valence-corrected chi connectivity index (χ0v) is 24.8. The second-order valence-electron chi connectivity index (χ2n) is 10.6. The van der Waals surface area contributed by atoms with Crippen LogP contribution < -0.4 is 4.74 Å². The summed E-state index contributed by atoms with van der Waals surface area (Å²) in [6.07, 6.45) is 12.8. The number of carbonyl (C=O) groups excluding carboxylic acids is 2. The SMILES string of the molecule is CCCCCCCc1ccc(N=Nc2ccc(C(=O)Oc3ccc(C(=O)O[C@@H](C)CCCCCC)cc3)cc2)cc1. The summed E-state index contributed by atoms with van der Waals surface area (Å²) in [6, 6.07) is 21.4. The molecule has 6 nitrogen and oxygen atoms in total. The predicted octanol–water partition coefficient (Wildman–Crippen LogP) is 10.3. The standard InChI is InChI=1S/C35H44N2O4/c1-4-6-8-10-12-14-28-15-21-31(22-16-28)36-37-32-23-17-29(18-24-32)35(39)41-33-25-19-30(20-26-33)34(38)40-27(3)13-11-9-7-5-2/h15-27H,4-14H2,1-3H3/t27-/m0/s1. The lowest BCUT2D eigenvalue weighted by Crippen LogP contribution is -2.15. The molecule has 218 valence electrons. The fourth-order valence-electron chi connectivity index (χ4n) is 4.43. The van der Waals surface area contributed by atoms with Gasteiger partial charge in [0.2, 0.25) is 0 Å². The van der Waals surface area contributed by atoms with E-state index in [4.69, 9.17) is 9.47 Å². The average molecular weight is 557 g/mol. The minimum absolute atomic E-state index is 0.130. The number of benzene rings is 3. The van der Waals surface area contributed by atoms with Crippen LogP contribution in [0.3, 0.4) is 0 Å². The van der Waals surface area contributed by atoms with Gasteiger partial charge in [-0.15, -0.1) is 0 Å². The summed E-state index contributed by atoms with van der Waals surface area (Å²) in [5, 5.41) is 8.60. The van der Waals surface area contributed by atoms with Gasteiger partial charge in [0.05, 0.1) is 28.6 Å². The summed E-state index contributed by atoms with van der Waals surface area (Å²) in [5.74, 6) is -0.508. The lowest BCUT2D eigenvalue weighted by Gasteiger charge is -2.13. The molecule has 0 bridgehead atoms. The number of esters is 2. The van der Waals surface area contributed by atoms with Gasteiger partial charge in [0.25, 0.3) is 0 Å². The Morgan fingerprint density at radius 3 is 1.76 bits per heavy atom. The van der Waals surface area contributed by atoms with Gasteiger partial charge in [-0.25, -0.2) is 9.59 Å². The minimum Gasteiger partial charge on any atom is -0.459 e. The number of azo groups is 1. The van der Waals surface area contributed by atoms with Crippen molar-refractivity contribution in [2.75, 3.05) is 0 Å². The van der Waals surface area contributed by atoms with E-state index in [0.717, 1.165) is 31.4 Å². The number of rotatable bonds is 17. The molecule has 1 atom stereocenters. The molecular formula is C35H44N2O4. The van der Waals surface area contributed by atoms with Crippen molar-refractivity contribution in [2.24, 2.45) is 10.2 Å². The highest BCUT2D eigenvalue weighted by molar-refractivity contribution is 5.92. The molecule has 41 heavy (non-hydrogen) atoms. The van der Waals surface area contributed by atoms with Crippen LogP contribution in [0.25, 0.3) is 0 Å². The van der Waals surface area contributed by atoms with Crippen LogP contribution in [-0.2, 0) is 11.2 Å². The van der Waals surface area contributed by atoms with Crippen molar-refractivity contribution in [3.05, 3.63) is 89.5 Å². The molecule has 0 saturated carbocycles. The third-order valence-corrected chi connectivity index (χ3v) is 6.96. The number of nitrogens with zero attached hydrogens (tertiary/aromatic N) is 2. The summed E-state index contributed by atoms with van der Waals surface area (Å²) in [6.45, 7) is 6.32. The van der Waals surface area contributed by atoms with Gasteiger partial charge in [-0.2, -0.15) is 10.2 Å². The van der Waals surface area contributed by atoms with Gasteiger partial charge in [0.15, 0.2) is 0 Å². The van der Waals surface area contributed by atoms with E-state index < -0.39 is 5.97 Å². The molecule has 3 aromatic rings. The maximum Gasteiger partial charge on any atom is 0.343 e. The molecule has 0 spiro atoms. The van der Waals surface area contributed by atoms with Crippen molar-refractivity contribution < 1.29 is 19.1 Å². The van der Waals surface area contributed by atoms with Gasteiger partial charge >= 0.3 is 11.9 Å². The fourth-order valence-corrected chi connectivity index (χ4v) is 4.43. The quantitative estimate of drug-likeness (QED) is 0.0717. The van der Waals surface area contributed by atoms with Crippen LogP contribution in [0, 0.1) is 0 Å². The molecular weight excluding hydrogens is 512 g/mol. The number of carbonyl (C=O) groups is 2. The van der Waals surface area contributed by atoms with E-state index in [9.17, 15) is 9.59 Å². The van der Waals surface area contributed by atoms with E-state index in [0.29, 0.717) is 22.6 Å². The van der Waals surface area contributed by atoms with Crippen molar-refractivity contribution in [1.29, 1.82) is 0 Å². The molecule has 3 aromatic carbocycles. The molecule has 0 aliphatic carbocycles. The van der Waals surface area contributed by atoms with Crippen LogP contribution in [0.5, 0.6) is 5.75 Å². The maximum absolute atomic E-state index is 12.6. The maximum atomic E-state index is 12.6. The molecule has 0 fully saturated rings. The van der Waals surface area contributed by atoms with Crippen LogP contribution >= 0.6 is 0 Å². The highest BCUT2D eigenvalue weighted by atomic mass is 16.5. The van der Waals surface area contributed by atoms with Crippen molar-refractivity contribution in [2.45, 2.75) is 97.5 Å². The monoisotopic (exact) mass is 556 g/mol. The topological polar surface area (TPSA) is 77.3 Å². The smallest absolute Gasteiger partial charge is 0.343 e. The first-order valence-corrected chi connectivity index (χ1v) is 15.1. The first kappa shape index (κ1) is 31.7. The Hall–Kier alpha value is -3.80. The number of unbranched alkanes of at least 4 members (excludes halogenated alkanes) is 7. The van der Waals surface area contributed by atoms with E-state index >= 15 is 0 Å². The third-order valence-electron chi connectivity index (χ3n) is 6.96. The van der Waals surface area contributed by atoms with Crippen LogP contribution in [-0.4, -0.2) is 18.0 Å². The lowest BCUT2D eigenvalue weighted by molar-refractivity contribution is 0.0319. The highest BCUT2D eigenvalue weighted by Gasteiger charge is 2.13. The first-order valence-electron chi connectivity index (χ1n) is 15.1. The zero-order chi connectivity index (χ0) is 29.3. The van der Waals surface area contributed by atoms with E-state index in [1.807, 2.05) is 19.1 Å². The van der Waals surface area contributed by atoms with E-state index in [1.54, 1.807) is 48.5 Å². The van der Waals surface area contributed by atoms with Crippen molar-refractivity contribution in [3.8, 4) is 5.75 Å². The van der Waals surface area contributed by atoms with E-state index in [-0.39, 0.29) is 12.1 Å². The van der Waals surface area contributed by atoms with Gasteiger partial charge < -0.3 is 9.47 Å². The zero-order valence-electron chi connectivity index (χ0n) is 24.8. The van der Waals surface area contributed by atoms with Gasteiger partial charge in [-0.3, -0.25) is 0 Å². The molecule has 3 rings (SSSR count). The van der Waals surface area contributed by atoms with Crippen LogP contribution in [0.2, 0.25) is 0 Å². The van der Waals surface area contributed by atoms with Crippen molar-refractivity contribution >= 4 is 23.3 Å². The number of hydrogen-bond acceptors (Lipinski definition) is 6. The molecule has 0 aromatic heterocycles. The molecule has 0 aliphatic heterocycles. The Morgan fingerprint density at radius 1 is 0.634 bits per heavy atom. The predicted molar refractivity (Wildman–Crippen MR) is 165 cm³/mol. The first-order chi connectivity index (χ1) is 20.0. The molecule has 6 heteroatoms. The molecule has 0 radical (unpaired) electrons. The van der Waals surface area contributed by atoms with Gasteiger partial charge in [0, 0.05) is 0 Å². The fraction of sp³-hybridized carbons (Fsp3) is 0.429. The molecule has 0 amide bonds. The number of aryl methyl sites for hydroxylation is 1. The third kappa shape index (κ3) is 11.7. The van der Waals surface area contributed by atoms with E-state index in [2.05, 4.69) is 36.2 Å². The summed E-state index contributed by atoms with van der Waals surface area (Å²) in [4.78, 5) is 25.0. The van der Waals surface area contributed by atoms with Crippen molar-refractivity contribution in [3.63, 3.8) is 0 Å². The van der Waals surface area contributed by atoms with Gasteiger partial charge in [0.1, 0.15) is 5.75 Å². The number of ether oxygens (including phenoxy) is 2. The summed E-state index contributed by atoms with van der Waals surface area (Å²) in [5.41, 5.74) is 3.58. The summed E-state index contributed by atoms with van der Waals surface area (Å²) < 4.78 is 11.0. The normalized spacial score (nSPS) is 11.9. The molecule has 0 heterocycles. The van der Waals surface area contributed by atoms with Gasteiger partial charge in [-0.1, -0.05) is 70.9 Å². The molecule has 0 aliphatic rings. The van der Waals surface area contributed by atoms with Crippen molar-refractivity contribution in [1.82, 2.24) is 0 Å². The Bertz CT molecular complexity index is 1220.